The fourth-order valence-corrected chi connectivity index (χ4v) is 4.36. The van der Waals surface area contributed by atoms with Crippen LogP contribution in [0.15, 0.2) is 30.3 Å². The first-order valence-electron chi connectivity index (χ1n) is 10.1. The van der Waals surface area contributed by atoms with Crippen LogP contribution < -0.4 is 0 Å². The van der Waals surface area contributed by atoms with Crippen LogP contribution in [-0.4, -0.2) is 0 Å². The van der Waals surface area contributed by atoms with Gasteiger partial charge in [0.2, 0.25) is 0 Å². The van der Waals surface area contributed by atoms with Gasteiger partial charge in [-0.1, -0.05) is 69.7 Å². The molecule has 1 saturated carbocycles. The Bertz CT molecular complexity index is 684. The first kappa shape index (κ1) is 18.4. The van der Waals surface area contributed by atoms with Gasteiger partial charge in [-0.3, -0.25) is 0 Å². The third-order valence-electron chi connectivity index (χ3n) is 5.97. The molecule has 3 rings (SSSR count). The van der Waals surface area contributed by atoms with Crippen LogP contribution in [0, 0.1) is 17.6 Å². The molecule has 2 heteroatoms. The van der Waals surface area contributed by atoms with Crippen molar-refractivity contribution in [3.8, 4) is 0 Å². The summed E-state index contributed by atoms with van der Waals surface area (Å²) in [7, 11) is 0. The van der Waals surface area contributed by atoms with Gasteiger partial charge in [0.15, 0.2) is 11.6 Å². The number of benzene rings is 2. The fraction of sp³-hybridized carbons (Fsp3) is 0.565. The number of unbranched alkanes of at least 4 members (excludes halogenated alkanes) is 4. The minimum absolute atomic E-state index is 0.393. The Morgan fingerprint density at radius 1 is 0.880 bits per heavy atom. The zero-order chi connectivity index (χ0) is 17.6. The fourth-order valence-electron chi connectivity index (χ4n) is 4.36. The van der Waals surface area contributed by atoms with Gasteiger partial charge in [-0.25, -0.2) is 8.78 Å². The first-order chi connectivity index (χ1) is 12.2. The molecule has 0 atom stereocenters. The van der Waals surface area contributed by atoms with Crippen LogP contribution in [-0.2, 0) is 0 Å². The molecule has 0 bridgehead atoms. The van der Waals surface area contributed by atoms with Crippen molar-refractivity contribution >= 4 is 10.8 Å². The van der Waals surface area contributed by atoms with Crippen LogP contribution in [0.5, 0.6) is 0 Å². The monoisotopic (exact) mass is 344 g/mol. The van der Waals surface area contributed by atoms with Crippen molar-refractivity contribution in [3.63, 3.8) is 0 Å². The van der Waals surface area contributed by atoms with E-state index in [2.05, 4.69) is 13.0 Å². The molecule has 0 aromatic heterocycles. The molecule has 1 aliphatic rings. The average molecular weight is 344 g/mol. The molecule has 0 saturated heterocycles. The number of hydrogen-bond donors (Lipinski definition) is 0. The molecular weight excluding hydrogens is 314 g/mol. The van der Waals surface area contributed by atoms with Crippen LogP contribution in [0.2, 0.25) is 0 Å². The van der Waals surface area contributed by atoms with Crippen molar-refractivity contribution in [2.75, 3.05) is 0 Å². The van der Waals surface area contributed by atoms with Gasteiger partial charge in [-0.2, -0.15) is 0 Å². The van der Waals surface area contributed by atoms with E-state index >= 15 is 0 Å². The van der Waals surface area contributed by atoms with Gasteiger partial charge in [-0.15, -0.1) is 0 Å². The summed E-state index contributed by atoms with van der Waals surface area (Å²) in [5.41, 5.74) is 1.29. The normalized spacial score (nSPS) is 20.9. The molecular formula is C23H30F2. The lowest BCUT2D eigenvalue weighted by molar-refractivity contribution is 0.302. The van der Waals surface area contributed by atoms with Crippen molar-refractivity contribution in [3.05, 3.63) is 47.5 Å². The van der Waals surface area contributed by atoms with E-state index in [0.717, 1.165) is 11.3 Å². The zero-order valence-electron chi connectivity index (χ0n) is 15.4. The van der Waals surface area contributed by atoms with Gasteiger partial charge < -0.3 is 0 Å². The molecule has 0 unspecified atom stereocenters. The van der Waals surface area contributed by atoms with E-state index in [1.165, 1.54) is 75.8 Å². The molecule has 136 valence electrons. The minimum Gasteiger partial charge on any atom is -0.204 e. The molecule has 0 spiro atoms. The Morgan fingerprint density at radius 3 is 2.40 bits per heavy atom. The van der Waals surface area contributed by atoms with E-state index in [0.29, 0.717) is 11.3 Å². The predicted octanol–water partition coefficient (Wildman–Crippen LogP) is 7.75. The average Bonchev–Trinajstić information content (AvgIpc) is 2.65. The second kappa shape index (κ2) is 8.78. The Hall–Kier alpha value is -1.44. The summed E-state index contributed by atoms with van der Waals surface area (Å²) in [5, 5.41) is 1.21. The van der Waals surface area contributed by atoms with Crippen LogP contribution in [0.1, 0.15) is 82.6 Å². The highest BCUT2D eigenvalue weighted by atomic mass is 19.2. The molecule has 2 aromatic rings. The molecule has 0 heterocycles. The van der Waals surface area contributed by atoms with Crippen LogP contribution in [0.3, 0.4) is 0 Å². The van der Waals surface area contributed by atoms with Crippen molar-refractivity contribution < 1.29 is 8.78 Å². The third-order valence-corrected chi connectivity index (χ3v) is 5.97. The lowest BCUT2D eigenvalue weighted by Gasteiger charge is -2.29. The van der Waals surface area contributed by atoms with Gasteiger partial charge in [-0.05, 0) is 54.5 Å². The number of fused-ring (bicyclic) bond motifs is 1. The smallest absolute Gasteiger partial charge is 0.166 e. The third kappa shape index (κ3) is 4.59. The van der Waals surface area contributed by atoms with E-state index in [-0.39, 0.29) is 0 Å². The summed E-state index contributed by atoms with van der Waals surface area (Å²) in [4.78, 5) is 0. The van der Waals surface area contributed by atoms with Gasteiger partial charge in [0.05, 0.1) is 0 Å². The Morgan fingerprint density at radius 2 is 1.64 bits per heavy atom. The largest absolute Gasteiger partial charge is 0.204 e. The molecule has 0 amide bonds. The summed E-state index contributed by atoms with van der Waals surface area (Å²) >= 11 is 0. The SMILES string of the molecule is CCCCCCC[C@H]1CC[C@H](c2ccc3c(F)c(F)ccc3c2)CC1. The Kier molecular flexibility index (Phi) is 6.45. The number of rotatable bonds is 7. The van der Waals surface area contributed by atoms with Crippen molar-refractivity contribution in [1.29, 1.82) is 0 Å². The summed E-state index contributed by atoms with van der Waals surface area (Å²) in [5.74, 6) is -0.0192. The van der Waals surface area contributed by atoms with Gasteiger partial charge in [0.25, 0.3) is 0 Å². The van der Waals surface area contributed by atoms with Crippen LogP contribution in [0.25, 0.3) is 10.8 Å². The van der Waals surface area contributed by atoms with Crippen molar-refractivity contribution in [2.45, 2.75) is 77.0 Å². The predicted molar refractivity (Wildman–Crippen MR) is 102 cm³/mol. The summed E-state index contributed by atoms with van der Waals surface area (Å²) in [6, 6.07) is 8.74. The number of hydrogen-bond acceptors (Lipinski definition) is 0. The molecule has 0 N–H and O–H groups in total. The van der Waals surface area contributed by atoms with E-state index in [1.54, 1.807) is 12.1 Å². The highest BCUT2D eigenvalue weighted by molar-refractivity contribution is 5.84. The Balaban J connectivity index is 1.54. The maximum Gasteiger partial charge on any atom is 0.166 e. The van der Waals surface area contributed by atoms with Gasteiger partial charge in [0.1, 0.15) is 0 Å². The van der Waals surface area contributed by atoms with E-state index in [9.17, 15) is 8.78 Å². The Labute approximate surface area is 150 Å². The molecule has 1 aliphatic carbocycles. The quantitative estimate of drug-likeness (QED) is 0.450. The first-order valence-corrected chi connectivity index (χ1v) is 10.1. The van der Waals surface area contributed by atoms with Gasteiger partial charge in [0, 0.05) is 5.39 Å². The van der Waals surface area contributed by atoms with Gasteiger partial charge >= 0.3 is 0 Å². The highest BCUT2D eigenvalue weighted by Crippen LogP contribution is 2.38. The summed E-state index contributed by atoms with van der Waals surface area (Å²) in [6.07, 6.45) is 13.3. The summed E-state index contributed by atoms with van der Waals surface area (Å²) in [6.45, 7) is 2.26. The zero-order valence-corrected chi connectivity index (χ0v) is 15.4. The van der Waals surface area contributed by atoms with Crippen molar-refractivity contribution in [2.24, 2.45) is 5.92 Å². The molecule has 25 heavy (non-hydrogen) atoms. The summed E-state index contributed by atoms with van der Waals surface area (Å²) < 4.78 is 27.2. The lowest BCUT2D eigenvalue weighted by Crippen LogP contribution is -2.13. The minimum atomic E-state index is -0.764. The molecule has 0 nitrogen and oxygen atoms in total. The maximum absolute atomic E-state index is 13.8. The lowest BCUT2D eigenvalue weighted by atomic mass is 9.76. The van der Waals surface area contributed by atoms with E-state index < -0.39 is 11.6 Å². The second-order valence-electron chi connectivity index (χ2n) is 7.76. The molecule has 0 aliphatic heterocycles. The number of halogens is 2. The van der Waals surface area contributed by atoms with E-state index in [4.69, 9.17) is 0 Å². The van der Waals surface area contributed by atoms with E-state index in [1.807, 2.05) is 6.07 Å². The highest BCUT2D eigenvalue weighted by Gasteiger charge is 2.22. The second-order valence-corrected chi connectivity index (χ2v) is 7.76. The molecule has 0 radical (unpaired) electrons. The molecule has 1 fully saturated rings. The standard InChI is InChI=1S/C23H30F2/c1-2-3-4-5-6-7-17-8-10-18(11-9-17)19-12-14-21-20(16-19)13-15-22(24)23(21)25/h12-18H,2-11H2,1H3/t17-,18-. The molecule has 2 aromatic carbocycles. The van der Waals surface area contributed by atoms with Crippen LogP contribution in [0.4, 0.5) is 8.78 Å². The topological polar surface area (TPSA) is 0 Å². The van der Waals surface area contributed by atoms with Crippen molar-refractivity contribution in [1.82, 2.24) is 0 Å². The van der Waals surface area contributed by atoms with Crippen LogP contribution >= 0.6 is 0 Å². The maximum atomic E-state index is 13.8.